The van der Waals surface area contributed by atoms with Crippen LogP contribution in [0, 0.1) is 17.1 Å². The number of carbonyl (C=O) groups is 3. The Labute approximate surface area is 244 Å². The number of nitrogens with zero attached hydrogens (tertiary/aromatic N) is 3. The van der Waals surface area contributed by atoms with Gasteiger partial charge in [-0.1, -0.05) is 36.9 Å². The SMILES string of the molecule is C=C(C)OC(=O)NCC(=O)N(C)[C@H](C)CNC(=O)c1ccc(-c2ccccc2C#N)nc1NCCc1cccc(F)c1. The highest BCUT2D eigenvalue weighted by atomic mass is 19.1. The molecule has 10 nitrogen and oxygen atoms in total. The van der Waals surface area contributed by atoms with Crippen molar-refractivity contribution in [3.63, 3.8) is 0 Å². The molecule has 0 aliphatic rings. The van der Waals surface area contributed by atoms with Gasteiger partial charge in [0.05, 0.1) is 28.6 Å². The van der Waals surface area contributed by atoms with Gasteiger partial charge in [0.15, 0.2) is 0 Å². The van der Waals surface area contributed by atoms with E-state index in [0.29, 0.717) is 35.6 Å². The number of alkyl carbamates (subject to hydrolysis) is 1. The zero-order valence-electron chi connectivity index (χ0n) is 23.7. The number of hydrogen-bond donors (Lipinski definition) is 3. The van der Waals surface area contributed by atoms with Crippen molar-refractivity contribution in [3.05, 3.63) is 95.5 Å². The largest absolute Gasteiger partial charge is 0.416 e. The molecule has 0 radical (unpaired) electrons. The van der Waals surface area contributed by atoms with E-state index < -0.39 is 18.0 Å². The smallest absolute Gasteiger partial charge is 0.412 e. The maximum absolute atomic E-state index is 13.6. The lowest BCUT2D eigenvalue weighted by Gasteiger charge is -2.25. The van der Waals surface area contributed by atoms with E-state index in [9.17, 15) is 24.0 Å². The van der Waals surface area contributed by atoms with Gasteiger partial charge in [-0.15, -0.1) is 0 Å². The van der Waals surface area contributed by atoms with Crippen LogP contribution in [0.4, 0.5) is 15.0 Å². The van der Waals surface area contributed by atoms with Gasteiger partial charge in [-0.05, 0) is 56.2 Å². The number of rotatable bonds is 12. The van der Waals surface area contributed by atoms with Crippen molar-refractivity contribution in [2.45, 2.75) is 26.3 Å². The van der Waals surface area contributed by atoms with Crippen LogP contribution in [-0.4, -0.2) is 60.5 Å². The molecule has 218 valence electrons. The highest BCUT2D eigenvalue weighted by Gasteiger charge is 2.20. The lowest BCUT2D eigenvalue weighted by atomic mass is 10.0. The van der Waals surface area contributed by atoms with Gasteiger partial charge < -0.3 is 25.6 Å². The van der Waals surface area contributed by atoms with Crippen LogP contribution in [-0.2, 0) is 16.0 Å². The number of amides is 3. The topological polar surface area (TPSA) is 136 Å². The molecule has 1 heterocycles. The predicted molar refractivity (Wildman–Crippen MR) is 157 cm³/mol. The first-order valence-corrected chi connectivity index (χ1v) is 13.2. The highest BCUT2D eigenvalue weighted by Crippen LogP contribution is 2.25. The third-order valence-electron chi connectivity index (χ3n) is 6.32. The van der Waals surface area contributed by atoms with Crippen molar-refractivity contribution in [3.8, 4) is 17.3 Å². The van der Waals surface area contributed by atoms with E-state index in [1.807, 2.05) is 6.07 Å². The van der Waals surface area contributed by atoms with E-state index in [1.54, 1.807) is 56.4 Å². The maximum Gasteiger partial charge on any atom is 0.412 e. The number of aromatic nitrogens is 1. The van der Waals surface area contributed by atoms with E-state index in [-0.39, 0.29) is 36.1 Å². The van der Waals surface area contributed by atoms with Crippen molar-refractivity contribution >= 4 is 23.7 Å². The second-order valence-corrected chi connectivity index (χ2v) is 9.57. The summed E-state index contributed by atoms with van der Waals surface area (Å²) < 4.78 is 18.4. The molecule has 3 rings (SSSR count). The first-order valence-electron chi connectivity index (χ1n) is 13.2. The summed E-state index contributed by atoms with van der Waals surface area (Å²) in [4.78, 5) is 43.4. The first kappa shape index (κ1) is 31.3. The number of halogens is 1. The zero-order chi connectivity index (χ0) is 30.6. The molecule has 11 heteroatoms. The molecule has 1 aromatic heterocycles. The number of hydrogen-bond acceptors (Lipinski definition) is 7. The molecular formula is C31H33FN6O4. The van der Waals surface area contributed by atoms with Gasteiger partial charge in [0, 0.05) is 31.7 Å². The number of likely N-dealkylation sites (N-methyl/N-ethyl adjacent to an activating group) is 1. The number of carbonyl (C=O) groups excluding carboxylic acids is 3. The monoisotopic (exact) mass is 572 g/mol. The lowest BCUT2D eigenvalue weighted by Crippen LogP contribution is -2.46. The van der Waals surface area contributed by atoms with Crippen molar-refractivity contribution in [1.29, 1.82) is 5.26 Å². The van der Waals surface area contributed by atoms with Crippen LogP contribution in [0.2, 0.25) is 0 Å². The van der Waals surface area contributed by atoms with Gasteiger partial charge in [-0.2, -0.15) is 5.26 Å². The molecule has 0 aliphatic heterocycles. The predicted octanol–water partition coefficient (Wildman–Crippen LogP) is 4.25. The normalized spacial score (nSPS) is 11.0. The standard InChI is InChI=1S/C31H33FN6O4/c1-20(2)42-31(41)36-19-28(39)38(4)21(3)18-35-30(40)26-12-13-27(25-11-6-5-9-23(25)17-33)37-29(26)34-15-14-22-8-7-10-24(32)16-22/h5-13,16,21H,1,14-15,18-19H2,2-4H3,(H,34,37)(H,35,40)(H,36,41)/t21-/m1/s1. The lowest BCUT2D eigenvalue weighted by molar-refractivity contribution is -0.130. The summed E-state index contributed by atoms with van der Waals surface area (Å²) in [5.41, 5.74) is 2.61. The van der Waals surface area contributed by atoms with Crippen molar-refractivity contribution in [1.82, 2.24) is 20.5 Å². The van der Waals surface area contributed by atoms with E-state index >= 15 is 0 Å². The second kappa shape index (κ2) is 14.9. The van der Waals surface area contributed by atoms with Gasteiger partial charge in [-0.25, -0.2) is 14.2 Å². The summed E-state index contributed by atoms with van der Waals surface area (Å²) in [6.45, 7) is 6.94. The summed E-state index contributed by atoms with van der Waals surface area (Å²) in [6, 6.07) is 18.3. The van der Waals surface area contributed by atoms with Gasteiger partial charge in [0.2, 0.25) is 5.91 Å². The number of nitriles is 1. The Hall–Kier alpha value is -5.24. The Kier molecular flexibility index (Phi) is 11.1. The minimum Gasteiger partial charge on any atom is -0.416 e. The van der Waals surface area contributed by atoms with E-state index in [1.165, 1.54) is 24.0 Å². The van der Waals surface area contributed by atoms with E-state index in [4.69, 9.17) is 4.74 Å². The molecule has 0 fully saturated rings. The first-order chi connectivity index (χ1) is 20.1. The molecule has 2 aromatic carbocycles. The van der Waals surface area contributed by atoms with Crippen molar-refractivity contribution in [2.75, 3.05) is 32.0 Å². The van der Waals surface area contributed by atoms with Crippen LogP contribution in [0.15, 0.2) is 73.0 Å². The maximum atomic E-state index is 13.6. The van der Waals surface area contributed by atoms with Crippen molar-refractivity contribution in [2.24, 2.45) is 0 Å². The molecule has 3 aromatic rings. The molecule has 0 saturated heterocycles. The van der Waals surface area contributed by atoms with Crippen LogP contribution in [0.1, 0.15) is 35.3 Å². The van der Waals surface area contributed by atoms with Gasteiger partial charge in [-0.3, -0.25) is 9.59 Å². The summed E-state index contributed by atoms with van der Waals surface area (Å²) in [5, 5.41) is 17.9. The van der Waals surface area contributed by atoms with Gasteiger partial charge in [0.25, 0.3) is 5.91 Å². The molecule has 3 amide bonds. The Balaban J connectivity index is 1.72. The molecular weight excluding hydrogens is 539 g/mol. The molecule has 42 heavy (non-hydrogen) atoms. The molecule has 0 aliphatic carbocycles. The number of anilines is 1. The van der Waals surface area contributed by atoms with Gasteiger partial charge in [0.1, 0.15) is 18.2 Å². The molecule has 0 spiro atoms. The number of ether oxygens (including phenoxy) is 1. The van der Waals surface area contributed by atoms with Crippen LogP contribution < -0.4 is 16.0 Å². The quantitative estimate of drug-likeness (QED) is 0.276. The fourth-order valence-corrected chi connectivity index (χ4v) is 3.93. The molecule has 3 N–H and O–H groups in total. The van der Waals surface area contributed by atoms with Crippen molar-refractivity contribution < 1.29 is 23.5 Å². The Bertz CT molecular complexity index is 1500. The molecule has 0 saturated carbocycles. The number of pyridine rings is 1. The fourth-order valence-electron chi connectivity index (χ4n) is 3.93. The van der Waals surface area contributed by atoms with E-state index in [0.717, 1.165) is 5.56 Å². The Morgan fingerprint density at radius 2 is 1.88 bits per heavy atom. The summed E-state index contributed by atoms with van der Waals surface area (Å²) in [6.07, 6.45) is -0.298. The summed E-state index contributed by atoms with van der Waals surface area (Å²) in [5.74, 6) is -0.638. The number of nitrogens with one attached hydrogen (secondary N) is 3. The van der Waals surface area contributed by atoms with Crippen LogP contribution in [0.3, 0.4) is 0 Å². The van der Waals surface area contributed by atoms with E-state index in [2.05, 4.69) is 33.6 Å². The molecule has 0 unspecified atom stereocenters. The van der Waals surface area contributed by atoms with Gasteiger partial charge >= 0.3 is 6.09 Å². The summed E-state index contributed by atoms with van der Waals surface area (Å²) in [7, 11) is 1.56. The highest BCUT2D eigenvalue weighted by molar-refractivity contribution is 5.99. The average Bonchev–Trinajstić information content (AvgIpc) is 2.97. The third kappa shape index (κ3) is 8.89. The Morgan fingerprint density at radius 3 is 2.60 bits per heavy atom. The second-order valence-electron chi connectivity index (χ2n) is 9.57. The summed E-state index contributed by atoms with van der Waals surface area (Å²) >= 11 is 0. The molecule has 1 atom stereocenters. The zero-order valence-corrected chi connectivity index (χ0v) is 23.7. The Morgan fingerprint density at radius 1 is 1.12 bits per heavy atom. The van der Waals surface area contributed by atoms with Crippen LogP contribution >= 0.6 is 0 Å². The number of benzene rings is 2. The third-order valence-corrected chi connectivity index (χ3v) is 6.32. The number of allylic oxidation sites excluding steroid dienone is 1. The fraction of sp³-hybridized carbons (Fsp3) is 0.258. The minimum atomic E-state index is -0.782. The van der Waals surface area contributed by atoms with Crippen LogP contribution in [0.25, 0.3) is 11.3 Å². The van der Waals surface area contributed by atoms with Crippen LogP contribution in [0.5, 0.6) is 0 Å². The average molecular weight is 573 g/mol. The molecule has 0 bridgehead atoms. The minimum absolute atomic E-state index is 0.124.